The number of hydrogen-bond donors (Lipinski definition) is 1. The quantitative estimate of drug-likeness (QED) is 0.762. The molecule has 2 aromatic heterocycles. The first-order valence-electron chi connectivity index (χ1n) is 7.32. The van der Waals surface area contributed by atoms with E-state index in [1.165, 1.54) is 16.9 Å². The molecule has 0 fully saturated rings. The molecule has 0 radical (unpaired) electrons. The van der Waals surface area contributed by atoms with E-state index in [1.807, 2.05) is 6.92 Å². The van der Waals surface area contributed by atoms with Gasteiger partial charge in [-0.3, -0.25) is 4.79 Å². The second kappa shape index (κ2) is 6.57. The Hall–Kier alpha value is -3.10. The van der Waals surface area contributed by atoms with Gasteiger partial charge in [-0.15, -0.1) is 10.2 Å². The normalized spacial score (nSPS) is 10.8. The molecule has 0 aliphatic rings. The highest BCUT2D eigenvalue weighted by molar-refractivity contribution is 5.90. The number of aromatic nitrogens is 6. The van der Waals surface area contributed by atoms with E-state index in [9.17, 15) is 9.18 Å². The lowest BCUT2D eigenvalue weighted by Gasteiger charge is -2.10. The van der Waals surface area contributed by atoms with Crippen LogP contribution in [0.15, 0.2) is 30.5 Å². The average Bonchev–Trinajstić information content (AvgIpc) is 3.07. The summed E-state index contributed by atoms with van der Waals surface area (Å²) >= 11 is 0. The van der Waals surface area contributed by atoms with Gasteiger partial charge < -0.3 is 5.32 Å². The van der Waals surface area contributed by atoms with Crippen molar-refractivity contribution in [1.29, 1.82) is 0 Å². The maximum absolute atomic E-state index is 13.3. The smallest absolute Gasteiger partial charge is 0.249 e. The third-order valence-electron chi connectivity index (χ3n) is 3.34. The van der Waals surface area contributed by atoms with Crippen molar-refractivity contribution < 1.29 is 9.18 Å². The molecule has 0 saturated carbocycles. The van der Waals surface area contributed by atoms with Gasteiger partial charge in [0, 0.05) is 5.56 Å². The Bertz CT molecular complexity index is 870. The van der Waals surface area contributed by atoms with E-state index in [0.717, 1.165) is 11.1 Å². The van der Waals surface area contributed by atoms with Crippen LogP contribution in [0.4, 0.5) is 10.2 Å². The number of halogens is 1. The Balaban J connectivity index is 1.73. The summed E-state index contributed by atoms with van der Waals surface area (Å²) in [7, 11) is 0. The third kappa shape index (κ3) is 3.62. The molecule has 0 unspecified atom stereocenters. The van der Waals surface area contributed by atoms with Crippen LogP contribution in [0.5, 0.6) is 0 Å². The molecule has 0 atom stereocenters. The minimum atomic E-state index is -0.311. The Morgan fingerprint density at radius 1 is 1.33 bits per heavy atom. The Labute approximate surface area is 137 Å². The molecule has 24 heavy (non-hydrogen) atoms. The zero-order chi connectivity index (χ0) is 17.1. The second-order valence-corrected chi connectivity index (χ2v) is 5.38. The molecule has 0 bridgehead atoms. The van der Waals surface area contributed by atoms with Crippen LogP contribution in [0.25, 0.3) is 0 Å². The lowest BCUT2D eigenvalue weighted by Crippen LogP contribution is -2.23. The monoisotopic (exact) mass is 329 g/mol. The van der Waals surface area contributed by atoms with Crippen molar-refractivity contribution in [2.24, 2.45) is 0 Å². The summed E-state index contributed by atoms with van der Waals surface area (Å²) in [6.07, 6.45) is 1.65. The first kappa shape index (κ1) is 15.8. The van der Waals surface area contributed by atoms with Crippen molar-refractivity contribution in [1.82, 2.24) is 30.0 Å². The molecule has 124 valence electrons. The summed E-state index contributed by atoms with van der Waals surface area (Å²) in [6.45, 7) is 3.83. The number of hydrogen-bond acceptors (Lipinski definition) is 5. The van der Waals surface area contributed by atoms with Gasteiger partial charge in [0.25, 0.3) is 0 Å². The minimum absolute atomic E-state index is 0.0502. The van der Waals surface area contributed by atoms with Crippen LogP contribution in [0, 0.1) is 19.7 Å². The highest BCUT2D eigenvalue weighted by Crippen LogP contribution is 2.16. The van der Waals surface area contributed by atoms with E-state index >= 15 is 0 Å². The minimum Gasteiger partial charge on any atom is -0.309 e. The Morgan fingerprint density at radius 3 is 2.88 bits per heavy atom. The average molecular weight is 329 g/mol. The molecule has 0 saturated heterocycles. The number of carbonyl (C=O) groups excluding carboxylic acids is 1. The molecule has 0 aliphatic carbocycles. The van der Waals surface area contributed by atoms with E-state index in [2.05, 4.69) is 25.8 Å². The van der Waals surface area contributed by atoms with Gasteiger partial charge in [-0.2, -0.15) is 9.90 Å². The number of tetrazole rings is 1. The summed E-state index contributed by atoms with van der Waals surface area (Å²) in [5.41, 5.74) is 1.56. The number of nitrogens with one attached hydrogen (secondary N) is 1. The van der Waals surface area contributed by atoms with Crippen LogP contribution in [-0.4, -0.2) is 35.9 Å². The molecule has 0 spiro atoms. The number of benzene rings is 1. The van der Waals surface area contributed by atoms with Gasteiger partial charge in [0.2, 0.25) is 5.91 Å². The van der Waals surface area contributed by atoms with E-state index in [4.69, 9.17) is 0 Å². The fourth-order valence-corrected chi connectivity index (χ4v) is 2.26. The fraction of sp³-hybridized carbons (Fsp3) is 0.267. The summed E-state index contributed by atoms with van der Waals surface area (Å²) in [5, 5.41) is 18.5. The molecular formula is C15H16FN7O. The van der Waals surface area contributed by atoms with Crippen molar-refractivity contribution in [2.75, 3.05) is 5.32 Å². The SMILES string of the molecule is Cc1nnn(CC(=O)Nc2c(C)cnn2Cc2cccc(F)c2)n1. The predicted molar refractivity (Wildman–Crippen MR) is 83.6 cm³/mol. The molecule has 9 heteroatoms. The zero-order valence-corrected chi connectivity index (χ0v) is 13.3. The van der Waals surface area contributed by atoms with Gasteiger partial charge in [0.15, 0.2) is 5.82 Å². The molecule has 2 heterocycles. The lowest BCUT2D eigenvalue weighted by atomic mass is 10.2. The molecule has 1 N–H and O–H groups in total. The predicted octanol–water partition coefficient (Wildman–Crippen LogP) is 1.31. The van der Waals surface area contributed by atoms with Crippen molar-refractivity contribution in [3.8, 4) is 0 Å². The zero-order valence-electron chi connectivity index (χ0n) is 13.3. The van der Waals surface area contributed by atoms with Gasteiger partial charge in [-0.05, 0) is 36.8 Å². The van der Waals surface area contributed by atoms with E-state index in [-0.39, 0.29) is 18.3 Å². The molecule has 1 amide bonds. The van der Waals surface area contributed by atoms with Gasteiger partial charge in [-0.25, -0.2) is 9.07 Å². The first-order chi connectivity index (χ1) is 11.5. The van der Waals surface area contributed by atoms with E-state index in [0.29, 0.717) is 18.2 Å². The molecule has 3 aromatic rings. The maximum atomic E-state index is 13.3. The van der Waals surface area contributed by atoms with Crippen molar-refractivity contribution >= 4 is 11.7 Å². The highest BCUT2D eigenvalue weighted by atomic mass is 19.1. The number of carbonyl (C=O) groups is 1. The van der Waals surface area contributed by atoms with Crippen molar-refractivity contribution in [2.45, 2.75) is 26.9 Å². The number of rotatable bonds is 5. The molecule has 3 rings (SSSR count). The molecular weight excluding hydrogens is 313 g/mol. The van der Waals surface area contributed by atoms with Crippen LogP contribution >= 0.6 is 0 Å². The van der Waals surface area contributed by atoms with Gasteiger partial charge in [0.05, 0.1) is 12.7 Å². The van der Waals surface area contributed by atoms with Crippen molar-refractivity contribution in [3.63, 3.8) is 0 Å². The Kier molecular flexibility index (Phi) is 4.32. The van der Waals surface area contributed by atoms with Gasteiger partial charge in [0.1, 0.15) is 18.2 Å². The standard InChI is InChI=1S/C15H16FN7O/c1-10-7-17-22(8-12-4-3-5-13(16)6-12)15(10)18-14(24)9-23-20-11(2)19-21-23/h3-7H,8-9H2,1-2H3,(H,18,24). The highest BCUT2D eigenvalue weighted by Gasteiger charge is 2.13. The molecule has 1 aromatic carbocycles. The molecule has 0 aliphatic heterocycles. The fourth-order valence-electron chi connectivity index (χ4n) is 2.26. The van der Waals surface area contributed by atoms with Crippen LogP contribution in [-0.2, 0) is 17.9 Å². The van der Waals surface area contributed by atoms with Crippen LogP contribution < -0.4 is 5.32 Å². The van der Waals surface area contributed by atoms with Gasteiger partial charge in [-0.1, -0.05) is 12.1 Å². The number of aryl methyl sites for hydroxylation is 2. The summed E-state index contributed by atoms with van der Waals surface area (Å²) in [5.74, 6) is 0.447. The van der Waals surface area contributed by atoms with Crippen LogP contribution in [0.1, 0.15) is 17.0 Å². The number of amides is 1. The lowest BCUT2D eigenvalue weighted by molar-refractivity contribution is -0.117. The topological polar surface area (TPSA) is 90.5 Å². The third-order valence-corrected chi connectivity index (χ3v) is 3.34. The largest absolute Gasteiger partial charge is 0.309 e. The maximum Gasteiger partial charge on any atom is 0.249 e. The second-order valence-electron chi connectivity index (χ2n) is 5.38. The van der Waals surface area contributed by atoms with E-state index < -0.39 is 0 Å². The number of nitrogens with zero attached hydrogens (tertiary/aromatic N) is 6. The first-order valence-corrected chi connectivity index (χ1v) is 7.32. The number of anilines is 1. The van der Waals surface area contributed by atoms with Crippen molar-refractivity contribution in [3.05, 3.63) is 53.2 Å². The van der Waals surface area contributed by atoms with Crippen LogP contribution in [0.2, 0.25) is 0 Å². The van der Waals surface area contributed by atoms with E-state index in [1.54, 1.807) is 29.9 Å². The van der Waals surface area contributed by atoms with Crippen LogP contribution in [0.3, 0.4) is 0 Å². The summed E-state index contributed by atoms with van der Waals surface area (Å²) in [6, 6.07) is 6.25. The summed E-state index contributed by atoms with van der Waals surface area (Å²) < 4.78 is 14.9. The molecule has 8 nitrogen and oxygen atoms in total. The Morgan fingerprint density at radius 2 is 2.17 bits per heavy atom. The summed E-state index contributed by atoms with van der Waals surface area (Å²) in [4.78, 5) is 13.4. The van der Waals surface area contributed by atoms with Gasteiger partial charge >= 0.3 is 0 Å².